The van der Waals surface area contributed by atoms with Crippen LogP contribution in [0.3, 0.4) is 0 Å². The molecule has 98 valence electrons. The molecule has 1 aliphatic rings. The van der Waals surface area contributed by atoms with Crippen molar-refractivity contribution in [3.8, 4) is 0 Å². The highest BCUT2D eigenvalue weighted by atomic mass is 32.2. The second-order valence-electron chi connectivity index (χ2n) is 4.44. The minimum absolute atomic E-state index is 0.138. The van der Waals surface area contributed by atoms with E-state index in [0.29, 0.717) is 10.8 Å². The Labute approximate surface area is 110 Å². The number of amides is 1. The van der Waals surface area contributed by atoms with E-state index in [4.69, 9.17) is 0 Å². The van der Waals surface area contributed by atoms with Crippen LogP contribution in [0.1, 0.15) is 25.0 Å². The Bertz CT molecular complexity index is 480. The quantitative estimate of drug-likeness (QED) is 0.660. The molecule has 0 radical (unpaired) electrons. The van der Waals surface area contributed by atoms with E-state index in [1.165, 1.54) is 18.2 Å². The standard InChI is InChI=1S/C12H17N3O2S/c1-9-7-10(14-12(17)13-9)18-8-11(16)15-5-3-2-4-6-15/h7H,2-6,8H2,1H3,(H,13,14,17). The number of nitrogens with one attached hydrogen (secondary N) is 1. The number of carbonyl (C=O) groups is 1. The van der Waals surface area contributed by atoms with Gasteiger partial charge in [0.25, 0.3) is 0 Å². The van der Waals surface area contributed by atoms with E-state index in [0.717, 1.165) is 31.6 Å². The lowest BCUT2D eigenvalue weighted by Gasteiger charge is -2.26. The van der Waals surface area contributed by atoms with Crippen LogP contribution in [0.15, 0.2) is 15.9 Å². The predicted octanol–water partition coefficient (Wildman–Crippen LogP) is 1.18. The zero-order valence-electron chi connectivity index (χ0n) is 10.4. The molecule has 1 amide bonds. The molecular formula is C12H17N3O2S. The van der Waals surface area contributed by atoms with Gasteiger partial charge in [-0.15, -0.1) is 0 Å². The van der Waals surface area contributed by atoms with E-state index in [9.17, 15) is 9.59 Å². The molecule has 0 atom stereocenters. The van der Waals surface area contributed by atoms with Crippen molar-refractivity contribution in [2.24, 2.45) is 0 Å². The van der Waals surface area contributed by atoms with E-state index in [1.807, 2.05) is 4.90 Å². The van der Waals surface area contributed by atoms with Crippen LogP contribution >= 0.6 is 11.8 Å². The number of hydrogen-bond donors (Lipinski definition) is 1. The van der Waals surface area contributed by atoms with Crippen LogP contribution in [0, 0.1) is 6.92 Å². The van der Waals surface area contributed by atoms with Gasteiger partial charge in [0.05, 0.1) is 5.75 Å². The van der Waals surface area contributed by atoms with E-state index < -0.39 is 0 Å². The molecule has 0 saturated carbocycles. The van der Waals surface area contributed by atoms with Crippen molar-refractivity contribution in [1.29, 1.82) is 0 Å². The normalized spacial score (nSPS) is 15.7. The molecule has 5 nitrogen and oxygen atoms in total. The average Bonchev–Trinajstić information content (AvgIpc) is 2.36. The van der Waals surface area contributed by atoms with Crippen LogP contribution in [-0.2, 0) is 4.79 Å². The lowest BCUT2D eigenvalue weighted by molar-refractivity contribution is -0.129. The van der Waals surface area contributed by atoms with Crippen LogP contribution in [0.5, 0.6) is 0 Å². The zero-order valence-corrected chi connectivity index (χ0v) is 11.3. The summed E-state index contributed by atoms with van der Waals surface area (Å²) in [6.45, 7) is 3.53. The summed E-state index contributed by atoms with van der Waals surface area (Å²) in [4.78, 5) is 31.4. The van der Waals surface area contributed by atoms with Gasteiger partial charge in [-0.1, -0.05) is 11.8 Å². The van der Waals surface area contributed by atoms with Crippen molar-refractivity contribution in [3.05, 3.63) is 22.2 Å². The van der Waals surface area contributed by atoms with Crippen molar-refractivity contribution in [1.82, 2.24) is 14.9 Å². The van der Waals surface area contributed by atoms with Gasteiger partial charge in [0.2, 0.25) is 5.91 Å². The Balaban J connectivity index is 1.90. The summed E-state index contributed by atoms with van der Waals surface area (Å²) in [6.07, 6.45) is 3.41. The number of likely N-dealkylation sites (tertiary alicyclic amines) is 1. The molecule has 1 saturated heterocycles. The molecule has 18 heavy (non-hydrogen) atoms. The fourth-order valence-electron chi connectivity index (χ4n) is 1.99. The van der Waals surface area contributed by atoms with E-state index in [-0.39, 0.29) is 11.6 Å². The topological polar surface area (TPSA) is 66.1 Å². The first kappa shape index (κ1) is 13.1. The molecule has 0 aliphatic carbocycles. The first-order valence-electron chi connectivity index (χ1n) is 6.14. The molecule has 0 bridgehead atoms. The Hall–Kier alpha value is -1.30. The number of thioether (sulfide) groups is 1. The monoisotopic (exact) mass is 267 g/mol. The summed E-state index contributed by atoms with van der Waals surface area (Å²) >= 11 is 1.33. The van der Waals surface area contributed by atoms with Crippen LogP contribution in [0.2, 0.25) is 0 Å². The molecule has 1 aromatic heterocycles. The summed E-state index contributed by atoms with van der Waals surface area (Å²) < 4.78 is 0. The summed E-state index contributed by atoms with van der Waals surface area (Å²) in [5.74, 6) is 0.495. The smallest absolute Gasteiger partial charge is 0.342 e. The van der Waals surface area contributed by atoms with Crippen molar-refractivity contribution in [3.63, 3.8) is 0 Å². The number of aromatic amines is 1. The van der Waals surface area contributed by atoms with Gasteiger partial charge in [0.15, 0.2) is 0 Å². The maximum absolute atomic E-state index is 11.9. The number of aryl methyl sites for hydroxylation is 1. The highest BCUT2D eigenvalue weighted by Crippen LogP contribution is 2.16. The largest absolute Gasteiger partial charge is 0.346 e. The maximum atomic E-state index is 11.9. The second-order valence-corrected chi connectivity index (χ2v) is 5.43. The molecule has 0 aromatic carbocycles. The Morgan fingerprint density at radius 1 is 1.44 bits per heavy atom. The van der Waals surface area contributed by atoms with E-state index >= 15 is 0 Å². The van der Waals surface area contributed by atoms with Crippen LogP contribution < -0.4 is 5.69 Å². The van der Waals surface area contributed by atoms with Gasteiger partial charge < -0.3 is 9.88 Å². The van der Waals surface area contributed by atoms with E-state index in [1.54, 1.807) is 13.0 Å². The number of H-pyrrole nitrogens is 1. The van der Waals surface area contributed by atoms with Gasteiger partial charge in [-0.3, -0.25) is 4.79 Å². The average molecular weight is 267 g/mol. The number of aromatic nitrogens is 2. The van der Waals surface area contributed by atoms with Crippen molar-refractivity contribution < 1.29 is 4.79 Å². The molecule has 6 heteroatoms. The van der Waals surface area contributed by atoms with Gasteiger partial charge in [0, 0.05) is 18.8 Å². The third kappa shape index (κ3) is 3.60. The molecular weight excluding hydrogens is 250 g/mol. The number of piperidine rings is 1. The highest BCUT2D eigenvalue weighted by molar-refractivity contribution is 7.99. The fraction of sp³-hybridized carbons (Fsp3) is 0.583. The molecule has 1 fully saturated rings. The summed E-state index contributed by atoms with van der Waals surface area (Å²) in [5.41, 5.74) is 0.408. The van der Waals surface area contributed by atoms with Crippen molar-refractivity contribution in [2.45, 2.75) is 31.2 Å². The summed E-state index contributed by atoms with van der Waals surface area (Å²) in [6, 6.07) is 1.79. The van der Waals surface area contributed by atoms with Gasteiger partial charge in [0.1, 0.15) is 5.03 Å². The number of carbonyl (C=O) groups excluding carboxylic acids is 1. The molecule has 2 heterocycles. The fourth-order valence-corrected chi connectivity index (χ4v) is 2.86. The third-order valence-corrected chi connectivity index (χ3v) is 3.80. The first-order chi connectivity index (χ1) is 8.65. The third-order valence-electron chi connectivity index (χ3n) is 2.91. The first-order valence-corrected chi connectivity index (χ1v) is 7.12. The Morgan fingerprint density at radius 3 is 2.83 bits per heavy atom. The Morgan fingerprint density at radius 2 is 2.17 bits per heavy atom. The summed E-state index contributed by atoms with van der Waals surface area (Å²) in [7, 11) is 0. The molecule has 2 rings (SSSR count). The maximum Gasteiger partial charge on any atom is 0.346 e. The van der Waals surface area contributed by atoms with E-state index in [2.05, 4.69) is 9.97 Å². The molecule has 0 unspecified atom stereocenters. The van der Waals surface area contributed by atoms with Gasteiger partial charge in [-0.05, 0) is 32.3 Å². The molecule has 1 aromatic rings. The Kier molecular flexibility index (Phi) is 4.41. The molecule has 1 aliphatic heterocycles. The molecule has 0 spiro atoms. The lowest BCUT2D eigenvalue weighted by atomic mass is 10.1. The summed E-state index contributed by atoms with van der Waals surface area (Å²) in [5, 5.41) is 0.613. The van der Waals surface area contributed by atoms with Crippen LogP contribution in [0.4, 0.5) is 0 Å². The van der Waals surface area contributed by atoms with Crippen LogP contribution in [0.25, 0.3) is 0 Å². The van der Waals surface area contributed by atoms with Gasteiger partial charge in [-0.25, -0.2) is 4.79 Å². The molecule has 1 N–H and O–H groups in total. The minimum atomic E-state index is -0.358. The van der Waals surface area contributed by atoms with Crippen molar-refractivity contribution in [2.75, 3.05) is 18.8 Å². The number of nitrogens with zero attached hydrogens (tertiary/aromatic N) is 2. The van der Waals surface area contributed by atoms with Gasteiger partial charge >= 0.3 is 5.69 Å². The lowest BCUT2D eigenvalue weighted by Crippen LogP contribution is -2.36. The number of hydrogen-bond acceptors (Lipinski definition) is 4. The second kappa shape index (κ2) is 6.04. The van der Waals surface area contributed by atoms with Crippen molar-refractivity contribution >= 4 is 17.7 Å². The highest BCUT2D eigenvalue weighted by Gasteiger charge is 2.16. The SMILES string of the molecule is Cc1cc(SCC(=O)N2CCCCC2)nc(=O)[nH]1. The van der Waals surface area contributed by atoms with Crippen LogP contribution in [-0.4, -0.2) is 39.6 Å². The van der Waals surface area contributed by atoms with Gasteiger partial charge in [-0.2, -0.15) is 4.98 Å². The zero-order chi connectivity index (χ0) is 13.0. The predicted molar refractivity (Wildman–Crippen MR) is 70.7 cm³/mol. The minimum Gasteiger partial charge on any atom is -0.342 e. The number of rotatable bonds is 3.